The SMILES string of the molecule is NCc1ccn(CC2CCCC2)n1. The molecule has 0 unspecified atom stereocenters. The van der Waals surface area contributed by atoms with E-state index in [1.54, 1.807) is 0 Å². The Bertz CT molecular complexity index is 261. The van der Waals surface area contributed by atoms with Gasteiger partial charge in [0.1, 0.15) is 0 Å². The molecular weight excluding hydrogens is 162 g/mol. The summed E-state index contributed by atoms with van der Waals surface area (Å²) in [6.45, 7) is 1.64. The van der Waals surface area contributed by atoms with E-state index in [2.05, 4.69) is 5.10 Å². The van der Waals surface area contributed by atoms with Gasteiger partial charge in [-0.2, -0.15) is 5.10 Å². The molecule has 2 N–H and O–H groups in total. The highest BCUT2D eigenvalue weighted by Crippen LogP contribution is 2.25. The summed E-state index contributed by atoms with van der Waals surface area (Å²) >= 11 is 0. The van der Waals surface area contributed by atoms with Crippen LogP contribution in [-0.2, 0) is 13.1 Å². The first-order valence-corrected chi connectivity index (χ1v) is 5.11. The average Bonchev–Trinajstić information content (AvgIpc) is 2.76. The summed E-state index contributed by atoms with van der Waals surface area (Å²) in [4.78, 5) is 0. The van der Waals surface area contributed by atoms with Gasteiger partial charge in [0.2, 0.25) is 0 Å². The molecule has 13 heavy (non-hydrogen) atoms. The Kier molecular flexibility index (Phi) is 2.64. The molecule has 0 aliphatic heterocycles. The zero-order valence-electron chi connectivity index (χ0n) is 7.95. The Hall–Kier alpha value is -0.830. The average molecular weight is 179 g/mol. The van der Waals surface area contributed by atoms with Crippen molar-refractivity contribution in [1.29, 1.82) is 0 Å². The highest BCUT2D eigenvalue weighted by Gasteiger charge is 2.15. The Morgan fingerprint density at radius 1 is 1.46 bits per heavy atom. The highest BCUT2D eigenvalue weighted by molar-refractivity contribution is 4.97. The second-order valence-corrected chi connectivity index (χ2v) is 3.88. The van der Waals surface area contributed by atoms with Gasteiger partial charge >= 0.3 is 0 Å². The van der Waals surface area contributed by atoms with E-state index in [4.69, 9.17) is 5.73 Å². The smallest absolute Gasteiger partial charge is 0.0760 e. The summed E-state index contributed by atoms with van der Waals surface area (Å²) in [7, 11) is 0. The summed E-state index contributed by atoms with van der Waals surface area (Å²) in [6.07, 6.45) is 7.58. The molecule has 0 radical (unpaired) electrons. The first-order chi connectivity index (χ1) is 6.38. The molecule has 3 heteroatoms. The fourth-order valence-corrected chi connectivity index (χ4v) is 2.07. The molecule has 1 aliphatic rings. The van der Waals surface area contributed by atoms with Crippen LogP contribution in [0, 0.1) is 5.92 Å². The van der Waals surface area contributed by atoms with E-state index in [0.717, 1.165) is 18.2 Å². The minimum atomic E-state index is 0.553. The topological polar surface area (TPSA) is 43.8 Å². The number of nitrogens with zero attached hydrogens (tertiary/aromatic N) is 2. The van der Waals surface area contributed by atoms with Crippen molar-refractivity contribution in [2.75, 3.05) is 0 Å². The van der Waals surface area contributed by atoms with Crippen molar-refractivity contribution in [3.63, 3.8) is 0 Å². The maximum Gasteiger partial charge on any atom is 0.0760 e. The maximum absolute atomic E-state index is 5.50. The van der Waals surface area contributed by atoms with Crippen LogP contribution < -0.4 is 5.73 Å². The molecule has 0 bridgehead atoms. The second-order valence-electron chi connectivity index (χ2n) is 3.88. The molecule has 1 fully saturated rings. The van der Waals surface area contributed by atoms with Gasteiger partial charge in [-0.05, 0) is 24.8 Å². The van der Waals surface area contributed by atoms with Gasteiger partial charge in [0.25, 0.3) is 0 Å². The van der Waals surface area contributed by atoms with E-state index in [9.17, 15) is 0 Å². The van der Waals surface area contributed by atoms with Crippen molar-refractivity contribution in [2.24, 2.45) is 11.7 Å². The van der Waals surface area contributed by atoms with Crippen LogP contribution in [0.3, 0.4) is 0 Å². The van der Waals surface area contributed by atoms with Crippen molar-refractivity contribution in [3.8, 4) is 0 Å². The van der Waals surface area contributed by atoms with E-state index in [0.29, 0.717) is 6.54 Å². The van der Waals surface area contributed by atoms with Crippen LogP contribution in [-0.4, -0.2) is 9.78 Å². The molecule has 0 saturated heterocycles. The number of nitrogens with two attached hydrogens (primary N) is 1. The summed E-state index contributed by atoms with van der Waals surface area (Å²) in [5.74, 6) is 0.852. The minimum Gasteiger partial charge on any atom is -0.325 e. The van der Waals surface area contributed by atoms with Crippen LogP contribution in [0.25, 0.3) is 0 Å². The van der Waals surface area contributed by atoms with Gasteiger partial charge in [0.05, 0.1) is 5.69 Å². The van der Waals surface area contributed by atoms with Crippen molar-refractivity contribution >= 4 is 0 Å². The van der Waals surface area contributed by atoms with Gasteiger partial charge in [0, 0.05) is 19.3 Å². The fraction of sp³-hybridized carbons (Fsp3) is 0.700. The molecule has 1 aromatic heterocycles. The van der Waals surface area contributed by atoms with E-state index >= 15 is 0 Å². The Morgan fingerprint density at radius 3 is 2.85 bits per heavy atom. The third-order valence-electron chi connectivity index (χ3n) is 2.83. The molecule has 3 nitrogen and oxygen atoms in total. The summed E-state index contributed by atoms with van der Waals surface area (Å²) in [6, 6.07) is 2.01. The van der Waals surface area contributed by atoms with Gasteiger partial charge in [-0.3, -0.25) is 4.68 Å². The Balaban J connectivity index is 1.92. The van der Waals surface area contributed by atoms with Crippen molar-refractivity contribution in [2.45, 2.75) is 38.8 Å². The first-order valence-electron chi connectivity index (χ1n) is 5.11. The number of aromatic nitrogens is 2. The zero-order chi connectivity index (χ0) is 9.10. The van der Waals surface area contributed by atoms with Crippen LogP contribution in [0.4, 0.5) is 0 Å². The first kappa shape index (κ1) is 8.75. The second kappa shape index (κ2) is 3.92. The van der Waals surface area contributed by atoms with Crippen molar-refractivity contribution in [1.82, 2.24) is 9.78 Å². The van der Waals surface area contributed by atoms with Crippen LogP contribution in [0.15, 0.2) is 12.3 Å². The summed E-state index contributed by atoms with van der Waals surface area (Å²) in [5, 5.41) is 4.38. The molecule has 1 aromatic rings. The molecular formula is C10H17N3. The molecule has 1 saturated carbocycles. The molecule has 0 aromatic carbocycles. The molecule has 2 rings (SSSR count). The summed E-state index contributed by atoms with van der Waals surface area (Å²) in [5.41, 5.74) is 6.49. The van der Waals surface area contributed by atoms with Crippen LogP contribution in [0.5, 0.6) is 0 Å². The van der Waals surface area contributed by atoms with Gasteiger partial charge in [-0.15, -0.1) is 0 Å². The lowest BCUT2D eigenvalue weighted by Crippen LogP contribution is -2.08. The van der Waals surface area contributed by atoms with Gasteiger partial charge < -0.3 is 5.73 Å². The van der Waals surface area contributed by atoms with E-state index in [1.807, 2.05) is 16.9 Å². The largest absolute Gasteiger partial charge is 0.325 e. The van der Waals surface area contributed by atoms with E-state index in [-0.39, 0.29) is 0 Å². The molecule has 1 aliphatic carbocycles. The molecule has 0 atom stereocenters. The normalized spacial score (nSPS) is 18.2. The van der Waals surface area contributed by atoms with Gasteiger partial charge in [-0.25, -0.2) is 0 Å². The van der Waals surface area contributed by atoms with E-state index < -0.39 is 0 Å². The maximum atomic E-state index is 5.50. The molecule has 0 spiro atoms. The van der Waals surface area contributed by atoms with Gasteiger partial charge in [0.15, 0.2) is 0 Å². The lowest BCUT2D eigenvalue weighted by atomic mass is 10.1. The number of hydrogen-bond acceptors (Lipinski definition) is 2. The lowest BCUT2D eigenvalue weighted by molar-refractivity contribution is 0.427. The summed E-state index contributed by atoms with van der Waals surface area (Å²) < 4.78 is 2.04. The third kappa shape index (κ3) is 2.10. The van der Waals surface area contributed by atoms with E-state index in [1.165, 1.54) is 25.7 Å². The predicted octanol–water partition coefficient (Wildman–Crippen LogP) is 1.53. The quantitative estimate of drug-likeness (QED) is 0.764. The third-order valence-corrected chi connectivity index (χ3v) is 2.83. The Labute approximate surface area is 78.9 Å². The van der Waals surface area contributed by atoms with Crippen LogP contribution >= 0.6 is 0 Å². The monoisotopic (exact) mass is 179 g/mol. The van der Waals surface area contributed by atoms with Crippen LogP contribution in [0.1, 0.15) is 31.4 Å². The number of hydrogen-bond donors (Lipinski definition) is 1. The van der Waals surface area contributed by atoms with Crippen LogP contribution in [0.2, 0.25) is 0 Å². The highest BCUT2D eigenvalue weighted by atomic mass is 15.3. The molecule has 1 heterocycles. The van der Waals surface area contributed by atoms with Gasteiger partial charge in [-0.1, -0.05) is 12.8 Å². The zero-order valence-corrected chi connectivity index (χ0v) is 7.95. The molecule has 72 valence electrons. The van der Waals surface area contributed by atoms with Crippen molar-refractivity contribution < 1.29 is 0 Å². The number of rotatable bonds is 3. The van der Waals surface area contributed by atoms with Crippen molar-refractivity contribution in [3.05, 3.63) is 18.0 Å². The fourth-order valence-electron chi connectivity index (χ4n) is 2.07. The predicted molar refractivity (Wildman–Crippen MR) is 52.1 cm³/mol. The molecule has 0 amide bonds. The minimum absolute atomic E-state index is 0.553. The Morgan fingerprint density at radius 2 is 2.23 bits per heavy atom. The lowest BCUT2D eigenvalue weighted by Gasteiger charge is -2.07. The standard InChI is InChI=1S/C10H17N3/c11-7-10-5-6-13(12-10)8-9-3-1-2-4-9/h5-6,9H,1-4,7-8,11H2.